The van der Waals surface area contributed by atoms with Crippen molar-refractivity contribution in [2.45, 2.75) is 18.9 Å². The van der Waals surface area contributed by atoms with E-state index in [1.165, 1.54) is 0 Å². The third-order valence-corrected chi connectivity index (χ3v) is 5.08. The van der Waals surface area contributed by atoms with Gasteiger partial charge in [0.15, 0.2) is 9.84 Å². The lowest BCUT2D eigenvalue weighted by atomic mass is 10.1. The van der Waals surface area contributed by atoms with E-state index in [0.29, 0.717) is 6.54 Å². The molecular weight excluding hydrogens is 328 g/mol. The molecule has 1 saturated heterocycles. The van der Waals surface area contributed by atoms with Crippen molar-refractivity contribution in [3.05, 3.63) is 40.5 Å². The highest BCUT2D eigenvalue weighted by molar-refractivity contribution is 9.10. The van der Waals surface area contributed by atoms with Crippen molar-refractivity contribution < 1.29 is 8.42 Å². The average Bonchev–Trinajstić information content (AvgIpc) is 2.85. The smallest absolute Gasteiger partial charge is 0.172 e. The molecule has 1 fully saturated rings. The summed E-state index contributed by atoms with van der Waals surface area (Å²) in [6, 6.07) is 2.32. The zero-order valence-electron chi connectivity index (χ0n) is 10.6. The lowest BCUT2D eigenvalue weighted by molar-refractivity contribution is 0.272. The number of nitrogens with zero attached hydrogens (tertiary/aromatic N) is 2. The number of pyridine rings is 1. The average molecular weight is 345 g/mol. The Hall–Kier alpha value is -0.720. The monoisotopic (exact) mass is 344 g/mol. The Labute approximate surface area is 122 Å². The van der Waals surface area contributed by atoms with Crippen LogP contribution in [-0.2, 0) is 9.84 Å². The van der Waals surface area contributed by atoms with Crippen LogP contribution < -0.4 is 0 Å². The number of aromatic nitrogens is 1. The summed E-state index contributed by atoms with van der Waals surface area (Å²) in [4.78, 5) is 6.39. The highest BCUT2D eigenvalue weighted by Crippen LogP contribution is 2.32. The van der Waals surface area contributed by atoms with Crippen molar-refractivity contribution in [2.24, 2.45) is 0 Å². The van der Waals surface area contributed by atoms with Gasteiger partial charge in [0.05, 0.1) is 5.75 Å². The van der Waals surface area contributed by atoms with Gasteiger partial charge < -0.3 is 0 Å². The van der Waals surface area contributed by atoms with Crippen LogP contribution in [-0.4, -0.2) is 37.1 Å². The van der Waals surface area contributed by atoms with Gasteiger partial charge in [-0.3, -0.25) is 9.88 Å². The van der Waals surface area contributed by atoms with Crippen molar-refractivity contribution in [2.75, 3.05) is 18.8 Å². The molecule has 0 bridgehead atoms. The maximum Gasteiger partial charge on any atom is 0.172 e. The lowest BCUT2D eigenvalue weighted by Crippen LogP contribution is -2.28. The fourth-order valence-electron chi connectivity index (χ4n) is 2.41. The summed E-state index contributed by atoms with van der Waals surface area (Å²) in [6.07, 6.45) is 5.75. The van der Waals surface area contributed by atoms with E-state index < -0.39 is 9.84 Å². The lowest BCUT2D eigenvalue weighted by Gasteiger charge is -2.24. The van der Waals surface area contributed by atoms with Gasteiger partial charge in [-0.1, -0.05) is 6.58 Å². The van der Waals surface area contributed by atoms with Crippen LogP contribution in [0.5, 0.6) is 0 Å². The molecule has 1 aliphatic rings. The number of hydrogen-bond donors (Lipinski definition) is 0. The standard InChI is InChI=1S/C13H17BrN2O2S/c1-2-19(17,18)7-6-16-5-3-4-13(16)11-8-12(14)10-15-9-11/h2,8-10,13H,1,3-7H2. The molecule has 1 aromatic heterocycles. The summed E-state index contributed by atoms with van der Waals surface area (Å²) in [5.41, 5.74) is 1.14. The van der Waals surface area contributed by atoms with Crippen LogP contribution in [0, 0.1) is 0 Å². The van der Waals surface area contributed by atoms with Gasteiger partial charge in [0.1, 0.15) is 0 Å². The van der Waals surface area contributed by atoms with Crippen LogP contribution in [0.1, 0.15) is 24.4 Å². The number of rotatable bonds is 5. The van der Waals surface area contributed by atoms with Crippen molar-refractivity contribution in [1.29, 1.82) is 0 Å². The Morgan fingerprint density at radius 3 is 3.00 bits per heavy atom. The van der Waals surface area contributed by atoms with Crippen LogP contribution in [0.4, 0.5) is 0 Å². The van der Waals surface area contributed by atoms with Crippen molar-refractivity contribution in [1.82, 2.24) is 9.88 Å². The largest absolute Gasteiger partial charge is 0.295 e. The molecule has 2 rings (SSSR count). The second-order valence-corrected chi connectivity index (χ2v) is 7.65. The molecule has 6 heteroatoms. The van der Waals surface area contributed by atoms with Gasteiger partial charge in [-0.2, -0.15) is 0 Å². The van der Waals surface area contributed by atoms with Crippen LogP contribution in [0.15, 0.2) is 34.9 Å². The van der Waals surface area contributed by atoms with E-state index >= 15 is 0 Å². The highest BCUT2D eigenvalue weighted by Gasteiger charge is 2.26. The molecule has 2 heterocycles. The molecule has 0 spiro atoms. The van der Waals surface area contributed by atoms with Crippen LogP contribution in [0.3, 0.4) is 0 Å². The zero-order chi connectivity index (χ0) is 13.9. The SMILES string of the molecule is C=CS(=O)(=O)CCN1CCCC1c1cncc(Br)c1. The number of halogens is 1. The summed E-state index contributed by atoms with van der Waals surface area (Å²) in [5, 5.41) is 1.04. The number of likely N-dealkylation sites (tertiary alicyclic amines) is 1. The molecule has 0 saturated carbocycles. The molecule has 1 aromatic rings. The molecular formula is C13H17BrN2O2S. The third-order valence-electron chi connectivity index (χ3n) is 3.39. The van der Waals surface area contributed by atoms with E-state index in [-0.39, 0.29) is 11.8 Å². The Bertz CT molecular complexity index is 560. The predicted octanol–water partition coefficient (Wildman–Crippen LogP) is 2.54. The maximum absolute atomic E-state index is 11.5. The zero-order valence-corrected chi connectivity index (χ0v) is 13.0. The Morgan fingerprint density at radius 2 is 2.32 bits per heavy atom. The summed E-state index contributed by atoms with van der Waals surface area (Å²) < 4.78 is 23.9. The Morgan fingerprint density at radius 1 is 1.53 bits per heavy atom. The van der Waals surface area contributed by atoms with Crippen molar-refractivity contribution in [3.63, 3.8) is 0 Å². The Balaban J connectivity index is 2.07. The van der Waals surface area contributed by atoms with Crippen molar-refractivity contribution in [3.8, 4) is 0 Å². The van der Waals surface area contributed by atoms with Crippen molar-refractivity contribution >= 4 is 25.8 Å². The highest BCUT2D eigenvalue weighted by atomic mass is 79.9. The topological polar surface area (TPSA) is 50.3 Å². The van der Waals surface area contributed by atoms with Crippen LogP contribution in [0.2, 0.25) is 0 Å². The minimum Gasteiger partial charge on any atom is -0.295 e. The molecule has 19 heavy (non-hydrogen) atoms. The third kappa shape index (κ3) is 3.87. The van der Waals surface area contributed by atoms with Gasteiger partial charge in [0.2, 0.25) is 0 Å². The summed E-state index contributed by atoms with van der Waals surface area (Å²) in [6.45, 7) is 4.83. The normalized spacial score (nSPS) is 20.6. The molecule has 0 amide bonds. The Kier molecular flexibility index (Phi) is 4.76. The number of sulfone groups is 1. The summed E-state index contributed by atoms with van der Waals surface area (Å²) in [7, 11) is -3.12. The summed E-state index contributed by atoms with van der Waals surface area (Å²) >= 11 is 3.42. The molecule has 0 N–H and O–H groups in total. The molecule has 1 atom stereocenters. The first kappa shape index (κ1) is 14.7. The predicted molar refractivity (Wildman–Crippen MR) is 79.5 cm³/mol. The van der Waals surface area contributed by atoms with E-state index in [2.05, 4.69) is 38.5 Å². The number of hydrogen-bond acceptors (Lipinski definition) is 4. The fourth-order valence-corrected chi connectivity index (χ4v) is 3.45. The first-order valence-electron chi connectivity index (χ1n) is 6.21. The van der Waals surface area contributed by atoms with E-state index in [4.69, 9.17) is 0 Å². The molecule has 1 aliphatic heterocycles. The molecule has 0 aliphatic carbocycles. The first-order chi connectivity index (χ1) is 9.02. The van der Waals surface area contributed by atoms with Gasteiger partial charge in [-0.05, 0) is 46.9 Å². The minimum atomic E-state index is -3.12. The van der Waals surface area contributed by atoms with Gasteiger partial charge in [0.25, 0.3) is 0 Å². The van der Waals surface area contributed by atoms with Crippen LogP contribution in [0.25, 0.3) is 0 Å². The second kappa shape index (κ2) is 6.15. The van der Waals surface area contributed by atoms with Gasteiger partial charge in [-0.25, -0.2) is 8.42 Å². The second-order valence-electron chi connectivity index (χ2n) is 4.66. The van der Waals surface area contributed by atoms with Gasteiger partial charge >= 0.3 is 0 Å². The molecule has 0 radical (unpaired) electrons. The molecule has 0 aromatic carbocycles. The van der Waals surface area contributed by atoms with Crippen LogP contribution >= 0.6 is 15.9 Å². The quantitative estimate of drug-likeness (QED) is 0.823. The van der Waals surface area contributed by atoms with E-state index in [0.717, 1.165) is 34.8 Å². The molecule has 1 unspecified atom stereocenters. The maximum atomic E-state index is 11.5. The van der Waals surface area contributed by atoms with Gasteiger partial charge in [0, 0.05) is 34.9 Å². The minimum absolute atomic E-state index is 0.133. The van der Waals surface area contributed by atoms with E-state index in [9.17, 15) is 8.42 Å². The van der Waals surface area contributed by atoms with E-state index in [1.807, 2.05) is 6.20 Å². The first-order valence-corrected chi connectivity index (χ1v) is 8.72. The van der Waals surface area contributed by atoms with Gasteiger partial charge in [-0.15, -0.1) is 0 Å². The van der Waals surface area contributed by atoms with E-state index in [1.54, 1.807) is 6.20 Å². The molecule has 4 nitrogen and oxygen atoms in total. The molecule has 104 valence electrons. The summed E-state index contributed by atoms with van der Waals surface area (Å²) in [5.74, 6) is 0.133. The fraction of sp³-hybridized carbons (Fsp3) is 0.462.